The van der Waals surface area contributed by atoms with E-state index in [1.54, 1.807) is 12.4 Å². The first-order valence-corrected chi connectivity index (χ1v) is 20.8. The van der Waals surface area contributed by atoms with Crippen molar-refractivity contribution in [1.29, 1.82) is 0 Å². The Labute approximate surface area is 355 Å². The van der Waals surface area contributed by atoms with Gasteiger partial charge in [0.2, 0.25) is 0 Å². The van der Waals surface area contributed by atoms with Crippen molar-refractivity contribution in [3.05, 3.63) is 200 Å². The van der Waals surface area contributed by atoms with Crippen LogP contribution in [0.15, 0.2) is 205 Å². The lowest BCUT2D eigenvalue weighted by Crippen LogP contribution is -2.01. The molecule has 0 spiro atoms. The number of furan rings is 1. The van der Waals surface area contributed by atoms with Crippen LogP contribution in [0.25, 0.3) is 127 Å². The highest BCUT2D eigenvalue weighted by Crippen LogP contribution is 2.38. The first-order valence-electron chi connectivity index (χ1n) is 20.8. The molecule has 13 rings (SSSR count). The largest absolute Gasteiger partial charge is 0.454 e. The average molecular weight is 792 g/mol. The van der Waals surface area contributed by atoms with Gasteiger partial charge in [0.1, 0.15) is 5.58 Å². The molecule has 4 heterocycles. The van der Waals surface area contributed by atoms with Crippen molar-refractivity contribution in [2.75, 3.05) is 0 Å². The van der Waals surface area contributed by atoms with E-state index in [0.29, 0.717) is 17.5 Å². The van der Waals surface area contributed by atoms with Gasteiger partial charge in [-0.15, -0.1) is 0 Å². The molecule has 0 amide bonds. The summed E-state index contributed by atoms with van der Waals surface area (Å²) in [5, 5.41) is 11.6. The molecular formula is C56H33N5O. The first kappa shape index (κ1) is 34.4. The van der Waals surface area contributed by atoms with Gasteiger partial charge in [-0.25, -0.2) is 15.0 Å². The van der Waals surface area contributed by atoms with Crippen molar-refractivity contribution in [2.24, 2.45) is 0 Å². The number of hydrogen-bond donors (Lipinski definition) is 0. The maximum atomic E-state index is 6.27. The molecular weight excluding hydrogens is 759 g/mol. The fraction of sp³-hybridized carbons (Fsp3) is 0. The fourth-order valence-electron chi connectivity index (χ4n) is 9.34. The predicted molar refractivity (Wildman–Crippen MR) is 254 cm³/mol. The summed E-state index contributed by atoms with van der Waals surface area (Å²) in [6, 6.07) is 66.6. The molecule has 0 aliphatic rings. The third kappa shape index (κ3) is 5.44. The van der Waals surface area contributed by atoms with Gasteiger partial charge in [0.05, 0.1) is 17.2 Å². The van der Waals surface area contributed by atoms with E-state index in [4.69, 9.17) is 19.4 Å². The van der Waals surface area contributed by atoms with E-state index >= 15 is 0 Å². The van der Waals surface area contributed by atoms with Crippen LogP contribution >= 0.6 is 0 Å². The highest BCUT2D eigenvalue weighted by molar-refractivity contribution is 6.15. The van der Waals surface area contributed by atoms with Gasteiger partial charge in [0.25, 0.3) is 0 Å². The van der Waals surface area contributed by atoms with Gasteiger partial charge in [-0.1, -0.05) is 127 Å². The molecule has 0 fully saturated rings. The summed E-state index contributed by atoms with van der Waals surface area (Å²) in [7, 11) is 0. The highest BCUT2D eigenvalue weighted by atomic mass is 16.3. The summed E-state index contributed by atoms with van der Waals surface area (Å²) in [5.41, 5.74) is 9.83. The normalized spacial score (nSPS) is 11.9. The maximum absolute atomic E-state index is 6.27. The van der Waals surface area contributed by atoms with Crippen LogP contribution in [0.1, 0.15) is 0 Å². The van der Waals surface area contributed by atoms with Gasteiger partial charge in [-0.2, -0.15) is 0 Å². The Morgan fingerprint density at radius 3 is 1.84 bits per heavy atom. The molecule has 13 aromatic rings. The molecule has 6 nitrogen and oxygen atoms in total. The minimum atomic E-state index is 0.566. The van der Waals surface area contributed by atoms with Crippen LogP contribution in [0.2, 0.25) is 0 Å². The Hall–Kier alpha value is -8.48. The van der Waals surface area contributed by atoms with Crippen LogP contribution in [0.5, 0.6) is 0 Å². The van der Waals surface area contributed by atoms with Crippen molar-refractivity contribution in [2.45, 2.75) is 0 Å². The number of hydrogen-bond acceptors (Lipinski definition) is 5. The van der Waals surface area contributed by atoms with E-state index in [1.807, 2.05) is 12.1 Å². The fourth-order valence-corrected chi connectivity index (χ4v) is 9.34. The molecule has 6 heteroatoms. The van der Waals surface area contributed by atoms with Gasteiger partial charge in [-0.3, -0.25) is 4.98 Å². The average Bonchev–Trinajstić information content (AvgIpc) is 3.88. The number of benzene rings is 9. The number of nitrogens with zero attached hydrogens (tertiary/aromatic N) is 5. The van der Waals surface area contributed by atoms with Crippen molar-refractivity contribution in [1.82, 2.24) is 24.5 Å². The number of pyridine rings is 1. The quantitative estimate of drug-likeness (QED) is 0.162. The van der Waals surface area contributed by atoms with Crippen LogP contribution < -0.4 is 0 Å². The molecule has 0 aliphatic heterocycles. The SMILES string of the molecule is c1cc(-c2ccc(-n3c4ccccc4c4cc5ccccc5cc43)cc2)cc(-c2nc(-c3ccc4c(c3)oc3cnccc34)nc(-c3cc4ccccc4c4ccccc34)n2)c1. The van der Waals surface area contributed by atoms with E-state index in [-0.39, 0.29) is 0 Å². The summed E-state index contributed by atoms with van der Waals surface area (Å²) in [6.45, 7) is 0. The van der Waals surface area contributed by atoms with E-state index in [0.717, 1.165) is 71.6 Å². The highest BCUT2D eigenvalue weighted by Gasteiger charge is 2.19. The van der Waals surface area contributed by atoms with Crippen LogP contribution in [-0.4, -0.2) is 24.5 Å². The van der Waals surface area contributed by atoms with Gasteiger partial charge in [-0.05, 0) is 104 Å². The molecule has 0 atom stereocenters. The Bertz CT molecular complexity index is 3940. The maximum Gasteiger partial charge on any atom is 0.164 e. The second-order valence-corrected chi connectivity index (χ2v) is 15.9. The summed E-state index contributed by atoms with van der Waals surface area (Å²) in [6.07, 6.45) is 3.55. The van der Waals surface area contributed by atoms with Gasteiger partial charge >= 0.3 is 0 Å². The first-order chi connectivity index (χ1) is 30.7. The standard InChI is InChI=1S/C56H33N5O/c1-2-11-37-31-51-48(29-36(37)10-1)45-18-7-8-19-50(45)61(51)41-23-20-34(21-24-41)35-13-9-14-39(28-35)54-58-55(40-22-25-46-47-26-27-57-33-53(47)62-52(46)32-40)60-56(59-54)49-30-38-12-3-4-15-42(38)43-16-5-6-17-44(43)49/h1-33H. The second kappa shape index (κ2) is 13.5. The number of para-hydroxylation sites is 1. The van der Waals surface area contributed by atoms with Crippen molar-refractivity contribution >= 4 is 76.1 Å². The summed E-state index contributed by atoms with van der Waals surface area (Å²) in [4.78, 5) is 19.9. The number of fused-ring (bicyclic) bond motifs is 10. The van der Waals surface area contributed by atoms with Crippen LogP contribution in [0.3, 0.4) is 0 Å². The van der Waals surface area contributed by atoms with Gasteiger partial charge in [0, 0.05) is 50.1 Å². The van der Waals surface area contributed by atoms with Crippen LogP contribution in [0, 0.1) is 0 Å². The molecule has 4 aromatic heterocycles. The minimum Gasteiger partial charge on any atom is -0.454 e. The molecule has 0 saturated carbocycles. The van der Waals surface area contributed by atoms with E-state index in [9.17, 15) is 0 Å². The molecule has 288 valence electrons. The molecule has 0 saturated heterocycles. The van der Waals surface area contributed by atoms with E-state index in [2.05, 4.69) is 185 Å². The van der Waals surface area contributed by atoms with E-state index in [1.165, 1.54) is 38.0 Å². The zero-order valence-corrected chi connectivity index (χ0v) is 33.2. The lowest BCUT2D eigenvalue weighted by atomic mass is 9.96. The third-order valence-electron chi connectivity index (χ3n) is 12.3. The zero-order valence-electron chi connectivity index (χ0n) is 33.2. The predicted octanol–water partition coefficient (Wildman–Crippen LogP) is 14.4. The zero-order chi connectivity index (χ0) is 40.7. The molecule has 62 heavy (non-hydrogen) atoms. The minimum absolute atomic E-state index is 0.566. The van der Waals surface area contributed by atoms with Crippen molar-refractivity contribution in [3.8, 4) is 51.0 Å². The monoisotopic (exact) mass is 791 g/mol. The smallest absolute Gasteiger partial charge is 0.164 e. The molecule has 0 bridgehead atoms. The summed E-state index contributed by atoms with van der Waals surface area (Å²) in [5.74, 6) is 1.76. The van der Waals surface area contributed by atoms with Crippen LogP contribution in [0.4, 0.5) is 0 Å². The Morgan fingerprint density at radius 1 is 0.355 bits per heavy atom. The molecule has 0 radical (unpaired) electrons. The Kier molecular flexibility index (Phi) is 7.50. The van der Waals surface area contributed by atoms with Gasteiger partial charge < -0.3 is 8.98 Å². The number of rotatable bonds is 5. The van der Waals surface area contributed by atoms with Gasteiger partial charge in [0.15, 0.2) is 23.1 Å². The lowest BCUT2D eigenvalue weighted by Gasteiger charge is -2.13. The lowest BCUT2D eigenvalue weighted by molar-refractivity contribution is 0.667. The Balaban J connectivity index is 0.951. The third-order valence-corrected chi connectivity index (χ3v) is 12.3. The van der Waals surface area contributed by atoms with E-state index < -0.39 is 0 Å². The topological polar surface area (TPSA) is 69.6 Å². The summed E-state index contributed by atoms with van der Waals surface area (Å²) < 4.78 is 8.65. The summed E-state index contributed by atoms with van der Waals surface area (Å²) >= 11 is 0. The van der Waals surface area contributed by atoms with Crippen molar-refractivity contribution in [3.63, 3.8) is 0 Å². The Morgan fingerprint density at radius 2 is 1.00 bits per heavy atom. The molecule has 0 N–H and O–H groups in total. The number of aromatic nitrogens is 5. The molecule has 9 aromatic carbocycles. The molecule has 0 aliphatic carbocycles. The second-order valence-electron chi connectivity index (χ2n) is 15.9. The molecule has 0 unspecified atom stereocenters. The van der Waals surface area contributed by atoms with Crippen molar-refractivity contribution < 1.29 is 4.42 Å². The van der Waals surface area contributed by atoms with Crippen LogP contribution in [-0.2, 0) is 0 Å².